The Balaban J connectivity index is 1.20. The van der Waals surface area contributed by atoms with Crippen LogP contribution in [0.25, 0.3) is 16.7 Å². The topological polar surface area (TPSA) is 132 Å². The van der Waals surface area contributed by atoms with Gasteiger partial charge in [-0.15, -0.1) is 0 Å². The van der Waals surface area contributed by atoms with Crippen molar-refractivity contribution in [2.75, 3.05) is 18.1 Å². The van der Waals surface area contributed by atoms with E-state index in [9.17, 15) is 13.2 Å². The van der Waals surface area contributed by atoms with Gasteiger partial charge in [-0.1, -0.05) is 0 Å². The molecular formula is C26H29N7O3S. The normalized spacial score (nSPS) is 18.0. The summed E-state index contributed by atoms with van der Waals surface area (Å²) >= 11 is 0. The molecule has 1 amide bonds. The third kappa shape index (κ3) is 5.61. The van der Waals surface area contributed by atoms with Gasteiger partial charge in [0.2, 0.25) is 0 Å². The molecule has 4 aromatic rings. The van der Waals surface area contributed by atoms with Crippen molar-refractivity contribution < 1.29 is 13.2 Å². The minimum atomic E-state index is -3.27. The number of carbonyl (C=O) groups excluding carboxylic acids is 1. The molecule has 0 atom stereocenters. The van der Waals surface area contributed by atoms with Crippen LogP contribution in [-0.4, -0.2) is 57.9 Å². The van der Waals surface area contributed by atoms with Crippen molar-refractivity contribution in [2.45, 2.75) is 43.5 Å². The third-order valence-electron chi connectivity index (χ3n) is 6.79. The number of nitrogens with zero attached hydrogens (tertiary/aromatic N) is 5. The van der Waals surface area contributed by atoms with E-state index < -0.39 is 9.84 Å². The molecular weight excluding hydrogens is 490 g/mol. The average molecular weight is 520 g/mol. The number of nitrogens with one attached hydrogen (secondary N) is 2. The second-order valence-corrected chi connectivity index (χ2v) is 11.6. The lowest BCUT2D eigenvalue weighted by molar-refractivity contribution is 0.0943. The lowest BCUT2D eigenvalue weighted by Crippen LogP contribution is -2.34. The molecule has 1 aromatic carbocycles. The maximum atomic E-state index is 12.4. The van der Waals surface area contributed by atoms with Crippen LogP contribution in [0.2, 0.25) is 0 Å². The molecule has 0 unspecified atom stereocenters. The van der Waals surface area contributed by atoms with Gasteiger partial charge in [0, 0.05) is 30.7 Å². The zero-order valence-electron chi connectivity index (χ0n) is 20.8. The quantitative estimate of drug-likeness (QED) is 0.380. The van der Waals surface area contributed by atoms with E-state index in [1.54, 1.807) is 47.4 Å². The molecule has 1 saturated carbocycles. The van der Waals surface area contributed by atoms with E-state index in [-0.39, 0.29) is 16.8 Å². The van der Waals surface area contributed by atoms with E-state index in [4.69, 9.17) is 0 Å². The van der Waals surface area contributed by atoms with Crippen molar-refractivity contribution in [3.8, 4) is 5.69 Å². The molecule has 0 aliphatic heterocycles. The van der Waals surface area contributed by atoms with Gasteiger partial charge in [0.1, 0.15) is 12.1 Å². The van der Waals surface area contributed by atoms with E-state index in [0.29, 0.717) is 23.7 Å². The zero-order chi connectivity index (χ0) is 26.0. The highest BCUT2D eigenvalue weighted by Gasteiger charge is 2.23. The van der Waals surface area contributed by atoms with Crippen molar-refractivity contribution in [1.82, 2.24) is 30.0 Å². The van der Waals surface area contributed by atoms with E-state index in [2.05, 4.69) is 30.7 Å². The average Bonchev–Trinajstić information content (AvgIpc) is 3.33. The van der Waals surface area contributed by atoms with Gasteiger partial charge >= 0.3 is 0 Å². The predicted octanol–water partition coefficient (Wildman–Crippen LogP) is 3.32. The standard InChI is InChI=1S/C26H29N7O3S/c1-17-3-6-19(14-27-17)26(34)28-13-18-4-7-20(8-5-18)32-24-23-15-31-33(25(23)30-16-29-24)21-9-11-22(12-10-21)37(2,35)36/h3,6,9-12,14-16,18,20H,4-5,7-8,13H2,1-2H3,(H,28,34)(H,29,30,32)/t18-,20+. The number of pyridine rings is 1. The van der Waals surface area contributed by atoms with E-state index in [1.807, 2.05) is 13.0 Å². The minimum Gasteiger partial charge on any atom is -0.367 e. The highest BCUT2D eigenvalue weighted by Crippen LogP contribution is 2.28. The first-order valence-corrected chi connectivity index (χ1v) is 14.1. The summed E-state index contributed by atoms with van der Waals surface area (Å²) in [6.45, 7) is 2.55. The number of aryl methyl sites for hydroxylation is 1. The Hall–Kier alpha value is -3.86. The van der Waals surface area contributed by atoms with Crippen molar-refractivity contribution in [2.24, 2.45) is 5.92 Å². The number of amides is 1. The Kier molecular flexibility index (Phi) is 6.88. The van der Waals surface area contributed by atoms with Crippen molar-refractivity contribution in [1.29, 1.82) is 0 Å². The van der Waals surface area contributed by atoms with E-state index in [1.165, 1.54) is 12.6 Å². The molecule has 1 aliphatic rings. The number of sulfone groups is 1. The van der Waals surface area contributed by atoms with Gasteiger partial charge in [0.15, 0.2) is 15.5 Å². The van der Waals surface area contributed by atoms with Crippen LogP contribution in [0.3, 0.4) is 0 Å². The molecule has 5 rings (SSSR count). The Bertz CT molecular complexity index is 1510. The SMILES string of the molecule is Cc1ccc(C(=O)NC[C@H]2CC[C@@H](Nc3ncnc4c3cnn4-c3ccc(S(C)(=O)=O)cc3)CC2)cn1. The van der Waals surface area contributed by atoms with Crippen LogP contribution in [-0.2, 0) is 9.84 Å². The molecule has 0 bridgehead atoms. The fraction of sp³-hybridized carbons (Fsp3) is 0.346. The molecule has 11 heteroatoms. The molecule has 1 aliphatic carbocycles. The summed E-state index contributed by atoms with van der Waals surface area (Å²) in [5.41, 5.74) is 2.84. The molecule has 37 heavy (non-hydrogen) atoms. The number of aromatic nitrogens is 5. The van der Waals surface area contributed by atoms with Gasteiger partial charge in [-0.25, -0.2) is 23.1 Å². The molecule has 192 valence electrons. The van der Waals surface area contributed by atoms with Gasteiger partial charge < -0.3 is 10.6 Å². The summed E-state index contributed by atoms with van der Waals surface area (Å²) in [4.78, 5) is 25.7. The molecule has 0 radical (unpaired) electrons. The number of hydrogen-bond acceptors (Lipinski definition) is 8. The number of anilines is 1. The Morgan fingerprint density at radius 1 is 1.00 bits per heavy atom. The Morgan fingerprint density at radius 3 is 2.43 bits per heavy atom. The summed E-state index contributed by atoms with van der Waals surface area (Å²) < 4.78 is 25.2. The molecule has 3 heterocycles. The van der Waals surface area contributed by atoms with E-state index >= 15 is 0 Å². The van der Waals surface area contributed by atoms with Crippen molar-refractivity contribution >= 4 is 32.6 Å². The maximum absolute atomic E-state index is 12.4. The lowest BCUT2D eigenvalue weighted by Gasteiger charge is -2.29. The second kappa shape index (κ2) is 10.3. The second-order valence-electron chi connectivity index (χ2n) is 9.54. The van der Waals surface area contributed by atoms with Crippen LogP contribution in [0.1, 0.15) is 41.7 Å². The van der Waals surface area contributed by atoms with Gasteiger partial charge in [0.25, 0.3) is 5.91 Å². The molecule has 3 aromatic heterocycles. The van der Waals surface area contributed by atoms with Crippen LogP contribution in [0.5, 0.6) is 0 Å². The first-order valence-electron chi connectivity index (χ1n) is 12.2. The summed E-state index contributed by atoms with van der Waals surface area (Å²) in [6, 6.07) is 10.5. The van der Waals surface area contributed by atoms with E-state index in [0.717, 1.165) is 48.3 Å². The highest BCUT2D eigenvalue weighted by molar-refractivity contribution is 7.90. The first-order chi connectivity index (χ1) is 17.8. The van der Waals surface area contributed by atoms with Gasteiger partial charge in [0.05, 0.1) is 27.7 Å². The van der Waals surface area contributed by atoms with Gasteiger partial charge in [-0.3, -0.25) is 9.78 Å². The largest absolute Gasteiger partial charge is 0.367 e. The first kappa shape index (κ1) is 24.8. The van der Waals surface area contributed by atoms with Crippen LogP contribution in [0.15, 0.2) is 60.0 Å². The number of fused-ring (bicyclic) bond motifs is 1. The molecule has 10 nitrogen and oxygen atoms in total. The van der Waals surface area contributed by atoms with Crippen molar-refractivity contribution in [3.05, 3.63) is 66.4 Å². The minimum absolute atomic E-state index is 0.0842. The molecule has 0 spiro atoms. The predicted molar refractivity (Wildman–Crippen MR) is 140 cm³/mol. The molecule has 2 N–H and O–H groups in total. The summed E-state index contributed by atoms with van der Waals surface area (Å²) in [7, 11) is -3.27. The zero-order valence-corrected chi connectivity index (χ0v) is 21.6. The van der Waals surface area contributed by atoms with Crippen LogP contribution >= 0.6 is 0 Å². The number of benzene rings is 1. The summed E-state index contributed by atoms with van der Waals surface area (Å²) in [5.74, 6) is 1.08. The van der Waals surface area contributed by atoms with Crippen LogP contribution in [0, 0.1) is 12.8 Å². The summed E-state index contributed by atoms with van der Waals surface area (Å²) in [6.07, 6.45) is 9.98. The number of carbonyl (C=O) groups is 1. The Labute approximate surface area is 215 Å². The number of rotatable bonds is 7. The smallest absolute Gasteiger partial charge is 0.252 e. The van der Waals surface area contributed by atoms with Crippen LogP contribution in [0.4, 0.5) is 5.82 Å². The third-order valence-corrected chi connectivity index (χ3v) is 7.92. The lowest BCUT2D eigenvalue weighted by atomic mass is 9.86. The van der Waals surface area contributed by atoms with Gasteiger partial charge in [-0.2, -0.15) is 5.10 Å². The fourth-order valence-electron chi connectivity index (χ4n) is 4.63. The molecule has 0 saturated heterocycles. The fourth-order valence-corrected chi connectivity index (χ4v) is 5.26. The van der Waals surface area contributed by atoms with Gasteiger partial charge in [-0.05, 0) is 74.9 Å². The Morgan fingerprint density at radius 2 is 1.76 bits per heavy atom. The maximum Gasteiger partial charge on any atom is 0.252 e. The number of hydrogen-bond donors (Lipinski definition) is 2. The van der Waals surface area contributed by atoms with Crippen molar-refractivity contribution in [3.63, 3.8) is 0 Å². The molecule has 1 fully saturated rings. The van der Waals surface area contributed by atoms with Crippen LogP contribution < -0.4 is 10.6 Å². The monoisotopic (exact) mass is 519 g/mol. The highest BCUT2D eigenvalue weighted by atomic mass is 32.2. The summed E-state index contributed by atoms with van der Waals surface area (Å²) in [5, 5.41) is 11.9.